The summed E-state index contributed by atoms with van der Waals surface area (Å²) in [5.41, 5.74) is 1.80. The van der Waals surface area contributed by atoms with Crippen LogP contribution >= 0.6 is 24.0 Å². The number of methoxy groups -OCH3 is 1. The molecule has 1 aliphatic rings. The van der Waals surface area contributed by atoms with Gasteiger partial charge in [-0.3, -0.25) is 9.89 Å². The molecular weight excluding hydrogens is 523 g/mol. The van der Waals surface area contributed by atoms with E-state index in [0.717, 1.165) is 49.9 Å². The van der Waals surface area contributed by atoms with Gasteiger partial charge >= 0.3 is 6.61 Å². The van der Waals surface area contributed by atoms with Gasteiger partial charge in [-0.2, -0.15) is 8.78 Å². The molecular formula is C20H28F2IN5O3. The summed E-state index contributed by atoms with van der Waals surface area (Å²) in [5.74, 6) is 1.15. The molecule has 1 aliphatic heterocycles. The fourth-order valence-corrected chi connectivity index (χ4v) is 3.38. The van der Waals surface area contributed by atoms with E-state index >= 15 is 0 Å². The lowest BCUT2D eigenvalue weighted by Gasteiger charge is -2.36. The number of rotatable bonds is 8. The fourth-order valence-electron chi connectivity index (χ4n) is 3.38. The minimum absolute atomic E-state index is 0. The van der Waals surface area contributed by atoms with E-state index in [9.17, 15) is 8.78 Å². The number of nitrogens with zero attached hydrogens (tertiary/aromatic N) is 4. The SMILES string of the molecule is CN=C(NCCc1ccc(OC)c(OC(F)F)c1)N1CCN(Cc2ccon2)CC1.I. The number of aromatic nitrogens is 1. The van der Waals surface area contributed by atoms with Crippen LogP contribution < -0.4 is 14.8 Å². The molecule has 1 aromatic carbocycles. The summed E-state index contributed by atoms with van der Waals surface area (Å²) in [4.78, 5) is 8.90. The number of hydrogen-bond donors (Lipinski definition) is 1. The van der Waals surface area contributed by atoms with Gasteiger partial charge in [-0.15, -0.1) is 24.0 Å². The van der Waals surface area contributed by atoms with Gasteiger partial charge in [0.2, 0.25) is 0 Å². The van der Waals surface area contributed by atoms with Gasteiger partial charge in [-0.25, -0.2) is 0 Å². The Kier molecular flexibility index (Phi) is 10.2. The van der Waals surface area contributed by atoms with E-state index in [1.54, 1.807) is 25.4 Å². The summed E-state index contributed by atoms with van der Waals surface area (Å²) in [6.45, 7) is 2.01. The Bertz CT molecular complexity index is 815. The summed E-state index contributed by atoms with van der Waals surface area (Å²) in [6, 6.07) is 6.93. The van der Waals surface area contributed by atoms with Crippen molar-refractivity contribution in [3.63, 3.8) is 0 Å². The molecule has 1 N–H and O–H groups in total. The average Bonchev–Trinajstić information content (AvgIpc) is 3.25. The van der Waals surface area contributed by atoms with E-state index in [2.05, 4.69) is 30.0 Å². The Morgan fingerprint density at radius 3 is 2.61 bits per heavy atom. The summed E-state index contributed by atoms with van der Waals surface area (Å²) in [5, 5.41) is 7.30. The summed E-state index contributed by atoms with van der Waals surface area (Å²) in [6.07, 6.45) is 2.22. The molecule has 2 aromatic rings. The molecule has 0 aliphatic carbocycles. The van der Waals surface area contributed by atoms with Crippen LogP contribution in [0.2, 0.25) is 0 Å². The van der Waals surface area contributed by atoms with E-state index in [-0.39, 0.29) is 35.5 Å². The first-order valence-corrected chi connectivity index (χ1v) is 9.78. The first-order valence-electron chi connectivity index (χ1n) is 9.78. The molecule has 0 spiro atoms. The molecule has 0 radical (unpaired) electrons. The first kappa shape index (κ1) is 25.1. The van der Waals surface area contributed by atoms with Crippen molar-refractivity contribution in [2.45, 2.75) is 19.6 Å². The molecule has 172 valence electrons. The van der Waals surface area contributed by atoms with Gasteiger partial charge in [-0.05, 0) is 24.1 Å². The minimum atomic E-state index is -2.89. The molecule has 1 aromatic heterocycles. The molecule has 8 nitrogen and oxygen atoms in total. The highest BCUT2D eigenvalue weighted by molar-refractivity contribution is 14.0. The second-order valence-corrected chi connectivity index (χ2v) is 6.84. The number of aliphatic imine (C=N–C) groups is 1. The summed E-state index contributed by atoms with van der Waals surface area (Å²) >= 11 is 0. The predicted molar refractivity (Wildman–Crippen MR) is 123 cm³/mol. The van der Waals surface area contributed by atoms with E-state index in [1.165, 1.54) is 7.11 Å². The van der Waals surface area contributed by atoms with Gasteiger partial charge < -0.3 is 24.2 Å². The third-order valence-corrected chi connectivity index (χ3v) is 4.90. The lowest BCUT2D eigenvalue weighted by Crippen LogP contribution is -2.52. The molecule has 11 heteroatoms. The largest absolute Gasteiger partial charge is 0.493 e. The zero-order valence-corrected chi connectivity index (χ0v) is 19.9. The number of alkyl halides is 2. The van der Waals surface area contributed by atoms with Gasteiger partial charge in [0.15, 0.2) is 17.5 Å². The zero-order chi connectivity index (χ0) is 21.3. The van der Waals surface area contributed by atoms with Crippen molar-refractivity contribution in [2.75, 3.05) is 46.9 Å². The summed E-state index contributed by atoms with van der Waals surface area (Å²) in [7, 11) is 3.18. The second-order valence-electron chi connectivity index (χ2n) is 6.84. The molecule has 1 saturated heterocycles. The van der Waals surface area contributed by atoms with Crippen LogP contribution in [0.15, 0.2) is 40.0 Å². The maximum absolute atomic E-state index is 12.6. The van der Waals surface area contributed by atoms with Crippen LogP contribution in [-0.4, -0.2) is 74.4 Å². The average molecular weight is 551 g/mol. The molecule has 0 unspecified atom stereocenters. The monoisotopic (exact) mass is 551 g/mol. The van der Waals surface area contributed by atoms with Crippen LogP contribution in [0.25, 0.3) is 0 Å². The Hall–Kier alpha value is -2.15. The Morgan fingerprint density at radius 1 is 1.23 bits per heavy atom. The minimum Gasteiger partial charge on any atom is -0.493 e. The van der Waals surface area contributed by atoms with Gasteiger partial charge in [0.05, 0.1) is 12.8 Å². The van der Waals surface area contributed by atoms with E-state index in [1.807, 2.05) is 12.1 Å². The highest BCUT2D eigenvalue weighted by atomic mass is 127. The zero-order valence-electron chi connectivity index (χ0n) is 17.6. The van der Waals surface area contributed by atoms with Crippen LogP contribution in [0.3, 0.4) is 0 Å². The molecule has 1 fully saturated rings. The normalized spacial score (nSPS) is 15.0. The van der Waals surface area contributed by atoms with Gasteiger partial charge in [-0.1, -0.05) is 11.2 Å². The number of nitrogens with one attached hydrogen (secondary N) is 1. The van der Waals surface area contributed by atoms with Crippen LogP contribution in [-0.2, 0) is 13.0 Å². The Morgan fingerprint density at radius 2 is 2.00 bits per heavy atom. The molecule has 31 heavy (non-hydrogen) atoms. The molecule has 0 bridgehead atoms. The number of guanidine groups is 1. The van der Waals surface area contributed by atoms with Gasteiger partial charge in [0, 0.05) is 52.4 Å². The highest BCUT2D eigenvalue weighted by Crippen LogP contribution is 2.29. The second kappa shape index (κ2) is 12.6. The predicted octanol–water partition coefficient (Wildman–Crippen LogP) is 2.84. The van der Waals surface area contributed by atoms with E-state index < -0.39 is 6.61 Å². The van der Waals surface area contributed by atoms with Gasteiger partial charge in [0.1, 0.15) is 6.26 Å². The van der Waals surface area contributed by atoms with Crippen molar-refractivity contribution in [2.24, 2.45) is 4.99 Å². The number of benzene rings is 1. The van der Waals surface area contributed by atoms with Crippen molar-refractivity contribution < 1.29 is 22.8 Å². The van der Waals surface area contributed by atoms with Crippen molar-refractivity contribution >= 4 is 29.9 Å². The standard InChI is InChI=1S/C20H27F2N5O3.HI/c1-23-20(27-10-8-26(9-11-27)14-16-6-12-29-25-16)24-7-5-15-3-4-17(28-2)18(13-15)30-19(21)22;/h3-4,6,12-13,19H,5,7-11,14H2,1-2H3,(H,23,24);1H. The van der Waals surface area contributed by atoms with Crippen molar-refractivity contribution in [1.29, 1.82) is 0 Å². The van der Waals surface area contributed by atoms with Crippen LogP contribution in [0.5, 0.6) is 11.5 Å². The lowest BCUT2D eigenvalue weighted by molar-refractivity contribution is -0.0512. The van der Waals surface area contributed by atoms with Crippen LogP contribution in [0.4, 0.5) is 8.78 Å². The maximum Gasteiger partial charge on any atom is 0.387 e. The molecule has 0 amide bonds. The molecule has 0 saturated carbocycles. The lowest BCUT2D eigenvalue weighted by atomic mass is 10.1. The highest BCUT2D eigenvalue weighted by Gasteiger charge is 2.20. The smallest absolute Gasteiger partial charge is 0.387 e. The van der Waals surface area contributed by atoms with Crippen molar-refractivity contribution in [1.82, 2.24) is 20.3 Å². The topological polar surface area (TPSA) is 75.4 Å². The molecule has 0 atom stereocenters. The van der Waals surface area contributed by atoms with E-state index in [4.69, 9.17) is 9.26 Å². The number of piperazine rings is 1. The maximum atomic E-state index is 12.6. The van der Waals surface area contributed by atoms with Gasteiger partial charge in [0.25, 0.3) is 0 Å². The Balaban J connectivity index is 0.00000341. The number of ether oxygens (including phenoxy) is 2. The van der Waals surface area contributed by atoms with Crippen molar-refractivity contribution in [3.8, 4) is 11.5 Å². The molecule has 2 heterocycles. The van der Waals surface area contributed by atoms with E-state index in [0.29, 0.717) is 13.0 Å². The Labute approximate surface area is 197 Å². The first-order chi connectivity index (χ1) is 14.6. The number of halogens is 3. The molecule has 3 rings (SSSR count). The quantitative estimate of drug-likeness (QED) is 0.307. The summed E-state index contributed by atoms with van der Waals surface area (Å²) < 4.78 is 39.7. The number of hydrogen-bond acceptors (Lipinski definition) is 6. The third-order valence-electron chi connectivity index (χ3n) is 4.90. The van der Waals surface area contributed by atoms with Crippen LogP contribution in [0, 0.1) is 0 Å². The third kappa shape index (κ3) is 7.49. The fraction of sp³-hybridized carbons (Fsp3) is 0.500. The van der Waals surface area contributed by atoms with Crippen molar-refractivity contribution in [3.05, 3.63) is 41.8 Å². The van der Waals surface area contributed by atoms with Crippen LogP contribution in [0.1, 0.15) is 11.3 Å².